The third-order valence-corrected chi connectivity index (χ3v) is 5.54. The van der Waals surface area contributed by atoms with E-state index in [-0.39, 0.29) is 5.41 Å². The van der Waals surface area contributed by atoms with E-state index in [1.807, 2.05) is 18.2 Å². The second-order valence-electron chi connectivity index (χ2n) is 7.09. The molecule has 0 aliphatic carbocycles. The monoisotopic (exact) mass is 335 g/mol. The molecule has 1 atom stereocenters. The van der Waals surface area contributed by atoms with Crippen LogP contribution >= 0.6 is 0 Å². The molecule has 0 radical (unpaired) electrons. The number of hydrogen-bond donors (Lipinski definition) is 0. The highest BCUT2D eigenvalue weighted by Gasteiger charge is 2.57. The summed E-state index contributed by atoms with van der Waals surface area (Å²) in [4.78, 5) is 13.4. The van der Waals surface area contributed by atoms with Gasteiger partial charge in [0.25, 0.3) is 0 Å². The Morgan fingerprint density at radius 2 is 1.96 bits per heavy atom. The number of nitrogens with zero attached hydrogens (tertiary/aromatic N) is 1. The fourth-order valence-corrected chi connectivity index (χ4v) is 4.09. The maximum absolute atomic E-state index is 11.2. The Balaban J connectivity index is 1.90. The van der Waals surface area contributed by atoms with Crippen molar-refractivity contribution in [3.05, 3.63) is 59.2 Å². The Kier molecular flexibility index (Phi) is 3.23. The van der Waals surface area contributed by atoms with Crippen LogP contribution in [0.3, 0.4) is 0 Å². The van der Waals surface area contributed by atoms with Gasteiger partial charge in [0.2, 0.25) is 5.72 Å². The molecule has 0 fully saturated rings. The van der Waals surface area contributed by atoms with Crippen molar-refractivity contribution in [2.45, 2.75) is 25.0 Å². The topological polar surface area (TPSA) is 38.8 Å². The van der Waals surface area contributed by atoms with E-state index in [1.54, 1.807) is 13.2 Å². The normalized spacial score (nSPS) is 22.3. The number of carbonyl (C=O) groups excluding carboxylic acids is 1. The van der Waals surface area contributed by atoms with Gasteiger partial charge in [0, 0.05) is 23.9 Å². The van der Waals surface area contributed by atoms with Crippen molar-refractivity contribution in [1.29, 1.82) is 0 Å². The van der Waals surface area contributed by atoms with Crippen LogP contribution in [0.15, 0.2) is 42.5 Å². The molecule has 2 aromatic carbocycles. The number of rotatable bonds is 2. The van der Waals surface area contributed by atoms with E-state index in [1.165, 1.54) is 5.56 Å². The molecule has 0 N–H and O–H groups in total. The number of para-hydroxylation sites is 1. The molecule has 0 saturated heterocycles. The van der Waals surface area contributed by atoms with Crippen LogP contribution in [-0.2, 0) is 5.41 Å². The van der Waals surface area contributed by atoms with Crippen LogP contribution in [0.4, 0.5) is 5.69 Å². The number of hydrogen-bond acceptors (Lipinski definition) is 4. The second-order valence-corrected chi connectivity index (χ2v) is 7.09. The third kappa shape index (κ3) is 1.91. The van der Waals surface area contributed by atoms with Gasteiger partial charge in [-0.3, -0.25) is 4.79 Å². The maximum Gasteiger partial charge on any atom is 0.212 e. The molecule has 4 nitrogen and oxygen atoms in total. The van der Waals surface area contributed by atoms with Crippen LogP contribution in [0.5, 0.6) is 11.5 Å². The largest absolute Gasteiger partial charge is 0.493 e. The number of anilines is 1. The van der Waals surface area contributed by atoms with E-state index in [0.717, 1.165) is 17.5 Å². The van der Waals surface area contributed by atoms with Crippen LogP contribution in [0.1, 0.15) is 35.3 Å². The van der Waals surface area contributed by atoms with Crippen molar-refractivity contribution >= 4 is 18.0 Å². The van der Waals surface area contributed by atoms with Crippen molar-refractivity contribution in [2.24, 2.45) is 0 Å². The molecule has 0 saturated carbocycles. The molecular weight excluding hydrogens is 314 g/mol. The lowest BCUT2D eigenvalue weighted by atomic mass is 9.76. The summed E-state index contributed by atoms with van der Waals surface area (Å²) in [6.45, 7) is 4.38. The van der Waals surface area contributed by atoms with Gasteiger partial charge in [-0.05, 0) is 49.8 Å². The standard InChI is InChI=1S/C21H21NO3/c1-20(2)16-7-5-6-8-17(16)22(3)21(20)10-9-15-11-14(13-23)12-18(24-4)19(15)25-21/h5-13H,1-4H3/t21-/m0/s1. The summed E-state index contributed by atoms with van der Waals surface area (Å²) < 4.78 is 12.1. The molecule has 2 aromatic rings. The molecule has 2 heterocycles. The molecule has 4 heteroatoms. The van der Waals surface area contributed by atoms with Gasteiger partial charge in [0.1, 0.15) is 6.29 Å². The molecule has 0 aromatic heterocycles. The van der Waals surface area contributed by atoms with Gasteiger partial charge in [-0.2, -0.15) is 0 Å². The average Bonchev–Trinajstić information content (AvgIpc) is 2.80. The Bertz CT molecular complexity index is 900. The minimum absolute atomic E-state index is 0.263. The van der Waals surface area contributed by atoms with Crippen molar-refractivity contribution in [3.8, 4) is 11.5 Å². The Morgan fingerprint density at radius 1 is 1.20 bits per heavy atom. The SMILES string of the molecule is COc1cc(C=O)cc2c1O[C@]1(C=C2)N(C)c2ccccc2C1(C)C. The van der Waals surface area contributed by atoms with E-state index in [0.29, 0.717) is 17.1 Å². The molecule has 0 amide bonds. The van der Waals surface area contributed by atoms with Crippen LogP contribution in [-0.4, -0.2) is 26.2 Å². The van der Waals surface area contributed by atoms with Crippen LogP contribution in [0.25, 0.3) is 6.08 Å². The van der Waals surface area contributed by atoms with Crippen LogP contribution < -0.4 is 14.4 Å². The molecule has 2 aliphatic rings. The number of ether oxygens (including phenoxy) is 2. The van der Waals surface area contributed by atoms with Gasteiger partial charge in [-0.15, -0.1) is 0 Å². The predicted octanol–water partition coefficient (Wildman–Crippen LogP) is 4.04. The zero-order valence-electron chi connectivity index (χ0n) is 14.9. The molecule has 0 bridgehead atoms. The molecule has 25 heavy (non-hydrogen) atoms. The summed E-state index contributed by atoms with van der Waals surface area (Å²) in [7, 11) is 3.64. The average molecular weight is 335 g/mol. The number of benzene rings is 2. The van der Waals surface area contributed by atoms with Gasteiger partial charge in [-0.25, -0.2) is 0 Å². The first kappa shape index (κ1) is 15.8. The van der Waals surface area contributed by atoms with Gasteiger partial charge < -0.3 is 14.4 Å². The number of aldehydes is 1. The summed E-state index contributed by atoms with van der Waals surface area (Å²) in [5.74, 6) is 1.24. The third-order valence-electron chi connectivity index (χ3n) is 5.54. The first-order chi connectivity index (χ1) is 11.9. The fourth-order valence-electron chi connectivity index (χ4n) is 4.09. The number of likely N-dealkylation sites (N-methyl/N-ethyl adjacent to an activating group) is 1. The Morgan fingerprint density at radius 3 is 2.64 bits per heavy atom. The molecule has 4 rings (SSSR count). The zero-order chi connectivity index (χ0) is 17.8. The number of fused-ring (bicyclic) bond motifs is 2. The quantitative estimate of drug-likeness (QED) is 0.777. The van der Waals surface area contributed by atoms with Gasteiger partial charge in [-0.1, -0.05) is 18.2 Å². The molecule has 128 valence electrons. The minimum Gasteiger partial charge on any atom is -0.493 e. The molecular formula is C21H21NO3. The lowest BCUT2D eigenvalue weighted by Crippen LogP contribution is -2.58. The Labute approximate surface area is 147 Å². The van der Waals surface area contributed by atoms with Gasteiger partial charge >= 0.3 is 0 Å². The lowest BCUT2D eigenvalue weighted by molar-refractivity contribution is 0.0552. The lowest BCUT2D eigenvalue weighted by Gasteiger charge is -2.46. The highest BCUT2D eigenvalue weighted by Crippen LogP contribution is 2.55. The minimum atomic E-state index is -0.653. The van der Waals surface area contributed by atoms with Crippen LogP contribution in [0.2, 0.25) is 0 Å². The van der Waals surface area contributed by atoms with Gasteiger partial charge in [0.15, 0.2) is 11.5 Å². The summed E-state index contributed by atoms with van der Waals surface area (Å²) in [6, 6.07) is 11.9. The van der Waals surface area contributed by atoms with Crippen molar-refractivity contribution in [3.63, 3.8) is 0 Å². The van der Waals surface area contributed by atoms with E-state index in [2.05, 4.69) is 50.1 Å². The second kappa shape index (κ2) is 5.12. The summed E-state index contributed by atoms with van der Waals surface area (Å²) >= 11 is 0. The summed E-state index contributed by atoms with van der Waals surface area (Å²) in [5.41, 5.74) is 2.91. The molecule has 1 spiro atoms. The van der Waals surface area contributed by atoms with Gasteiger partial charge in [0.05, 0.1) is 12.5 Å². The van der Waals surface area contributed by atoms with Crippen LogP contribution in [0, 0.1) is 0 Å². The van der Waals surface area contributed by atoms with E-state index in [9.17, 15) is 4.79 Å². The molecule has 0 unspecified atom stereocenters. The number of carbonyl (C=O) groups is 1. The molecule has 2 aliphatic heterocycles. The van der Waals surface area contributed by atoms with Crippen molar-refractivity contribution in [2.75, 3.05) is 19.1 Å². The van der Waals surface area contributed by atoms with E-state index >= 15 is 0 Å². The predicted molar refractivity (Wildman–Crippen MR) is 98.6 cm³/mol. The zero-order valence-corrected chi connectivity index (χ0v) is 14.9. The summed E-state index contributed by atoms with van der Waals surface area (Å²) in [5, 5.41) is 0. The van der Waals surface area contributed by atoms with Crippen molar-refractivity contribution in [1.82, 2.24) is 0 Å². The number of methoxy groups -OCH3 is 1. The summed E-state index contributed by atoms with van der Waals surface area (Å²) in [6.07, 6.45) is 4.93. The van der Waals surface area contributed by atoms with E-state index in [4.69, 9.17) is 9.47 Å². The fraction of sp³-hybridized carbons (Fsp3) is 0.286. The van der Waals surface area contributed by atoms with E-state index < -0.39 is 5.72 Å². The maximum atomic E-state index is 11.2. The first-order valence-electron chi connectivity index (χ1n) is 8.33. The Hall–Kier alpha value is -2.75. The highest BCUT2D eigenvalue weighted by molar-refractivity contribution is 5.81. The van der Waals surface area contributed by atoms with Crippen molar-refractivity contribution < 1.29 is 14.3 Å². The first-order valence-corrected chi connectivity index (χ1v) is 8.33. The highest BCUT2D eigenvalue weighted by atomic mass is 16.5. The smallest absolute Gasteiger partial charge is 0.212 e.